The quantitative estimate of drug-likeness (QED) is 0.575. The van der Waals surface area contributed by atoms with Crippen LogP contribution in [-0.2, 0) is 16.0 Å². The first-order valence-electron chi connectivity index (χ1n) is 7.09. The maximum atomic E-state index is 12.5. The van der Waals surface area contributed by atoms with Gasteiger partial charge in [0.05, 0.1) is 7.11 Å². The summed E-state index contributed by atoms with van der Waals surface area (Å²) in [7, 11) is 1.26. The molecule has 1 atom stereocenters. The van der Waals surface area contributed by atoms with Gasteiger partial charge in [0.15, 0.2) is 0 Å². The van der Waals surface area contributed by atoms with Crippen molar-refractivity contribution in [2.45, 2.75) is 12.5 Å². The Morgan fingerprint density at radius 1 is 1.12 bits per heavy atom. The molecule has 0 aliphatic rings. The van der Waals surface area contributed by atoms with Crippen LogP contribution in [0.25, 0.3) is 0 Å². The fourth-order valence-electron chi connectivity index (χ4n) is 2.17. The number of rotatable bonds is 5. The number of carbonyl (C=O) groups excluding carboxylic acids is 2. The third-order valence-corrected chi connectivity index (χ3v) is 4.86. The molecule has 0 unspecified atom stereocenters. The lowest BCUT2D eigenvalue weighted by atomic mass is 10.1. The van der Waals surface area contributed by atoms with Crippen molar-refractivity contribution in [3.8, 4) is 0 Å². The van der Waals surface area contributed by atoms with Gasteiger partial charge in [-0.25, -0.2) is 4.79 Å². The van der Waals surface area contributed by atoms with Gasteiger partial charge in [0.2, 0.25) is 0 Å². The second-order valence-electron chi connectivity index (χ2n) is 5.15. The maximum absolute atomic E-state index is 12.5. The SMILES string of the molecule is COC(=O)[C@H](Cc1ccc(Cl)cc1Cl)NC(=O)c1cc(Br)cc(Br)c1. The van der Waals surface area contributed by atoms with Gasteiger partial charge in [0, 0.05) is 31.0 Å². The molecule has 1 amide bonds. The molecule has 0 fully saturated rings. The third kappa shape index (κ3) is 5.71. The van der Waals surface area contributed by atoms with Crippen molar-refractivity contribution in [3.63, 3.8) is 0 Å². The first-order valence-corrected chi connectivity index (χ1v) is 9.43. The molecule has 0 spiro atoms. The summed E-state index contributed by atoms with van der Waals surface area (Å²) in [6.45, 7) is 0. The van der Waals surface area contributed by atoms with Gasteiger partial charge in [-0.05, 0) is 35.9 Å². The fraction of sp³-hybridized carbons (Fsp3) is 0.176. The van der Waals surface area contributed by atoms with E-state index < -0.39 is 17.9 Å². The van der Waals surface area contributed by atoms with E-state index in [1.54, 1.807) is 30.3 Å². The summed E-state index contributed by atoms with van der Waals surface area (Å²) in [4.78, 5) is 24.6. The van der Waals surface area contributed by atoms with Crippen LogP contribution in [0.1, 0.15) is 15.9 Å². The molecule has 0 saturated heterocycles. The van der Waals surface area contributed by atoms with Crippen LogP contribution in [0.15, 0.2) is 45.3 Å². The van der Waals surface area contributed by atoms with Crippen LogP contribution in [0, 0.1) is 0 Å². The van der Waals surface area contributed by atoms with Gasteiger partial charge in [-0.2, -0.15) is 0 Å². The van der Waals surface area contributed by atoms with E-state index in [2.05, 4.69) is 37.2 Å². The van der Waals surface area contributed by atoms with Crippen LogP contribution in [0.3, 0.4) is 0 Å². The highest BCUT2D eigenvalue weighted by atomic mass is 79.9. The molecule has 2 rings (SSSR count). The number of hydrogen-bond donors (Lipinski definition) is 1. The Morgan fingerprint density at radius 3 is 2.32 bits per heavy atom. The van der Waals surface area contributed by atoms with Gasteiger partial charge in [-0.15, -0.1) is 0 Å². The van der Waals surface area contributed by atoms with Crippen LogP contribution >= 0.6 is 55.1 Å². The monoisotopic (exact) mass is 507 g/mol. The summed E-state index contributed by atoms with van der Waals surface area (Å²) in [5, 5.41) is 3.59. The molecular weight excluding hydrogens is 497 g/mol. The Hall–Kier alpha value is -1.08. The molecule has 0 aliphatic carbocycles. The maximum Gasteiger partial charge on any atom is 0.328 e. The van der Waals surface area contributed by atoms with Gasteiger partial charge in [-0.1, -0.05) is 61.1 Å². The highest BCUT2D eigenvalue weighted by molar-refractivity contribution is 9.11. The van der Waals surface area contributed by atoms with Gasteiger partial charge in [0.1, 0.15) is 6.04 Å². The molecule has 8 heteroatoms. The van der Waals surface area contributed by atoms with Crippen molar-refractivity contribution in [2.75, 3.05) is 7.11 Å². The van der Waals surface area contributed by atoms with Crippen molar-refractivity contribution in [2.24, 2.45) is 0 Å². The van der Waals surface area contributed by atoms with Crippen molar-refractivity contribution < 1.29 is 14.3 Å². The van der Waals surface area contributed by atoms with E-state index in [9.17, 15) is 9.59 Å². The van der Waals surface area contributed by atoms with Crippen LogP contribution in [0.4, 0.5) is 0 Å². The molecule has 1 N–H and O–H groups in total. The molecular formula is C17H13Br2Cl2NO3. The molecule has 132 valence electrons. The van der Waals surface area contributed by atoms with E-state index in [-0.39, 0.29) is 6.42 Å². The normalized spacial score (nSPS) is 11.7. The number of nitrogens with one attached hydrogen (secondary N) is 1. The lowest BCUT2D eigenvalue weighted by molar-refractivity contribution is -0.142. The second kappa shape index (κ2) is 9.03. The average molecular weight is 510 g/mol. The minimum atomic E-state index is -0.881. The van der Waals surface area contributed by atoms with Gasteiger partial charge in [0.25, 0.3) is 5.91 Å². The Labute approximate surface area is 172 Å². The summed E-state index contributed by atoms with van der Waals surface area (Å²) < 4.78 is 6.27. The van der Waals surface area contributed by atoms with Crippen LogP contribution in [-0.4, -0.2) is 25.0 Å². The molecule has 0 bridgehead atoms. The van der Waals surface area contributed by atoms with E-state index in [0.29, 0.717) is 21.2 Å². The zero-order valence-electron chi connectivity index (χ0n) is 13.0. The minimum Gasteiger partial charge on any atom is -0.467 e. The summed E-state index contributed by atoms with van der Waals surface area (Å²) in [5.41, 5.74) is 1.08. The summed E-state index contributed by atoms with van der Waals surface area (Å²) >= 11 is 18.7. The molecule has 2 aromatic carbocycles. The predicted octanol–water partition coefficient (Wildman–Crippen LogP) is 5.03. The Morgan fingerprint density at radius 2 is 1.76 bits per heavy atom. The zero-order chi connectivity index (χ0) is 18.6. The predicted molar refractivity (Wildman–Crippen MR) is 105 cm³/mol. The molecule has 25 heavy (non-hydrogen) atoms. The Kier molecular flexibility index (Phi) is 7.31. The van der Waals surface area contributed by atoms with E-state index in [1.807, 2.05) is 6.07 Å². The summed E-state index contributed by atoms with van der Waals surface area (Å²) in [5.74, 6) is -0.962. The molecule has 4 nitrogen and oxygen atoms in total. The second-order valence-corrected chi connectivity index (χ2v) is 7.82. The molecule has 0 heterocycles. The topological polar surface area (TPSA) is 55.4 Å². The molecule has 0 aromatic heterocycles. The first kappa shape index (κ1) is 20.2. The summed E-state index contributed by atoms with van der Waals surface area (Å²) in [6.07, 6.45) is 0.184. The lowest BCUT2D eigenvalue weighted by Gasteiger charge is -2.17. The van der Waals surface area contributed by atoms with Crippen molar-refractivity contribution in [3.05, 3.63) is 66.5 Å². The van der Waals surface area contributed by atoms with E-state index in [1.165, 1.54) is 7.11 Å². The molecule has 2 aromatic rings. The largest absolute Gasteiger partial charge is 0.467 e. The average Bonchev–Trinajstić information content (AvgIpc) is 2.54. The van der Waals surface area contributed by atoms with Crippen molar-refractivity contribution >= 4 is 66.9 Å². The lowest BCUT2D eigenvalue weighted by Crippen LogP contribution is -2.43. The highest BCUT2D eigenvalue weighted by Gasteiger charge is 2.24. The van der Waals surface area contributed by atoms with Gasteiger partial charge >= 0.3 is 5.97 Å². The molecule has 0 aliphatic heterocycles. The van der Waals surface area contributed by atoms with Crippen LogP contribution in [0.5, 0.6) is 0 Å². The van der Waals surface area contributed by atoms with Gasteiger partial charge < -0.3 is 10.1 Å². The number of ether oxygens (including phenoxy) is 1. The van der Waals surface area contributed by atoms with E-state index >= 15 is 0 Å². The molecule has 0 radical (unpaired) electrons. The smallest absolute Gasteiger partial charge is 0.328 e. The standard InChI is InChI=1S/C17H13Br2Cl2NO3/c1-25-17(24)15(6-9-2-3-13(20)8-14(9)21)22-16(23)10-4-11(18)7-12(19)5-10/h2-5,7-8,15H,6H2,1H3,(H,22,23)/t15-/m0/s1. The Balaban J connectivity index is 2.22. The highest BCUT2D eigenvalue weighted by Crippen LogP contribution is 2.23. The number of methoxy groups -OCH3 is 1. The van der Waals surface area contributed by atoms with Crippen molar-refractivity contribution in [1.82, 2.24) is 5.32 Å². The minimum absolute atomic E-state index is 0.184. The Bertz CT molecular complexity index is 794. The number of esters is 1. The number of hydrogen-bond acceptors (Lipinski definition) is 3. The van der Waals surface area contributed by atoms with Crippen molar-refractivity contribution in [1.29, 1.82) is 0 Å². The summed E-state index contributed by atoms with van der Waals surface area (Å²) in [6, 6.07) is 9.20. The first-order chi connectivity index (χ1) is 11.8. The number of halogens is 4. The van der Waals surface area contributed by atoms with E-state index in [0.717, 1.165) is 8.95 Å². The number of benzene rings is 2. The van der Waals surface area contributed by atoms with Crippen LogP contribution in [0.2, 0.25) is 10.0 Å². The zero-order valence-corrected chi connectivity index (χ0v) is 17.7. The number of amides is 1. The third-order valence-electron chi connectivity index (χ3n) is 3.35. The van der Waals surface area contributed by atoms with Gasteiger partial charge in [-0.3, -0.25) is 4.79 Å². The molecule has 0 saturated carbocycles. The van der Waals surface area contributed by atoms with Crippen LogP contribution < -0.4 is 5.32 Å². The fourth-order valence-corrected chi connectivity index (χ4v) is 3.95. The van der Waals surface area contributed by atoms with E-state index in [4.69, 9.17) is 27.9 Å². The number of carbonyl (C=O) groups is 2.